The van der Waals surface area contributed by atoms with Gasteiger partial charge in [-0.2, -0.15) is 10.2 Å². The van der Waals surface area contributed by atoms with Crippen LogP contribution in [0.5, 0.6) is 0 Å². The molecule has 0 aliphatic rings. The van der Waals surface area contributed by atoms with E-state index in [0.717, 1.165) is 26.6 Å². The van der Waals surface area contributed by atoms with Crippen LogP contribution in [0.15, 0.2) is 114 Å². The zero-order valence-corrected chi connectivity index (χ0v) is 35.2. The minimum absolute atomic E-state index is 0.167. The molecule has 0 radical (unpaired) electrons. The zero-order chi connectivity index (χ0) is 42.5. The van der Waals surface area contributed by atoms with Gasteiger partial charge in [0.05, 0.1) is 63.3 Å². The lowest BCUT2D eigenvalue weighted by molar-refractivity contribution is 0.0592. The highest BCUT2D eigenvalue weighted by Crippen LogP contribution is 2.29. The first-order chi connectivity index (χ1) is 28.3. The summed E-state index contributed by atoms with van der Waals surface area (Å²) in [6.45, 7) is 0. The molecule has 59 heavy (non-hydrogen) atoms. The Morgan fingerprint density at radius 2 is 1.12 bits per heavy atom. The molecule has 7 aromatic rings. The number of esters is 2. The Hall–Kier alpha value is -6.55. The van der Waals surface area contributed by atoms with E-state index >= 15 is 0 Å². The number of amides is 3. The summed E-state index contributed by atoms with van der Waals surface area (Å²) < 4.78 is 13.6. The minimum atomic E-state index is -0.583. The van der Waals surface area contributed by atoms with Crippen LogP contribution in [0, 0.1) is 0 Å². The fraction of sp³-hybridized carbons (Fsp3) is 0.119. The molecule has 4 heterocycles. The zero-order valence-electron chi connectivity index (χ0n) is 32.1. The monoisotopic (exact) mass is 897 g/mol. The number of hydrogen-bond acceptors (Lipinski definition) is 9. The Kier molecular flexibility index (Phi) is 12.8. The van der Waals surface area contributed by atoms with Crippen LogP contribution >= 0.6 is 39.1 Å². The van der Waals surface area contributed by atoms with Crippen LogP contribution in [0.25, 0.3) is 22.2 Å². The second kappa shape index (κ2) is 17.9. The van der Waals surface area contributed by atoms with E-state index in [1.807, 2.05) is 12.1 Å². The van der Waals surface area contributed by atoms with E-state index in [1.54, 1.807) is 116 Å². The summed E-state index contributed by atoms with van der Waals surface area (Å²) in [6.07, 6.45) is 6.79. The molecule has 0 fully saturated rings. The molecule has 0 unspecified atom stereocenters. The SMILES string of the molecule is CNC(=O)c1ccc(-c2cnn3ccc(C(=O)N(C)c4ccc(Cl)c(C(=O)OC)c4)cc23)cc1.COC(=O)c1cc(N(C)C(=O)c2ccn3ncc(Br)c3c2)ccc1Cl. The number of hydrogen-bond donors (Lipinski definition) is 1. The molecule has 0 saturated carbocycles. The van der Waals surface area contributed by atoms with Crippen molar-refractivity contribution in [2.24, 2.45) is 0 Å². The predicted molar refractivity (Wildman–Crippen MR) is 228 cm³/mol. The quantitative estimate of drug-likeness (QED) is 0.150. The van der Waals surface area contributed by atoms with Gasteiger partial charge in [-0.3, -0.25) is 14.4 Å². The number of benzene rings is 3. The lowest BCUT2D eigenvalue weighted by atomic mass is 10.0. The molecule has 0 atom stereocenters. The lowest BCUT2D eigenvalue weighted by Gasteiger charge is -2.18. The van der Waals surface area contributed by atoms with Crippen molar-refractivity contribution in [3.8, 4) is 11.1 Å². The summed E-state index contributed by atoms with van der Waals surface area (Å²) in [6, 6.07) is 23.5. The van der Waals surface area contributed by atoms with Gasteiger partial charge < -0.3 is 24.6 Å². The summed E-state index contributed by atoms with van der Waals surface area (Å²) in [5.74, 6) is -1.81. The fourth-order valence-corrected chi connectivity index (χ4v) is 6.74. The Bertz CT molecular complexity index is 2770. The van der Waals surface area contributed by atoms with Crippen LogP contribution in [0.3, 0.4) is 0 Å². The smallest absolute Gasteiger partial charge is 0.339 e. The van der Waals surface area contributed by atoms with Crippen molar-refractivity contribution in [1.82, 2.24) is 24.5 Å². The molecule has 7 rings (SSSR count). The number of pyridine rings is 2. The number of nitrogens with zero attached hydrogens (tertiary/aromatic N) is 6. The number of carbonyl (C=O) groups excluding carboxylic acids is 5. The average molecular weight is 900 g/mol. The van der Waals surface area contributed by atoms with Gasteiger partial charge in [-0.1, -0.05) is 35.3 Å². The van der Waals surface area contributed by atoms with Crippen LogP contribution in [-0.2, 0) is 9.47 Å². The fourth-order valence-electron chi connectivity index (χ4n) is 5.96. The van der Waals surface area contributed by atoms with Crippen LogP contribution in [0.1, 0.15) is 51.8 Å². The van der Waals surface area contributed by atoms with Crippen molar-refractivity contribution >= 4 is 91.2 Å². The molecule has 0 bridgehead atoms. The normalized spacial score (nSPS) is 10.7. The van der Waals surface area contributed by atoms with E-state index in [1.165, 1.54) is 36.2 Å². The summed E-state index contributed by atoms with van der Waals surface area (Å²) >= 11 is 15.5. The van der Waals surface area contributed by atoms with Crippen LogP contribution < -0.4 is 15.1 Å². The Morgan fingerprint density at radius 1 is 0.644 bits per heavy atom. The Morgan fingerprint density at radius 3 is 1.61 bits per heavy atom. The summed E-state index contributed by atoms with van der Waals surface area (Å²) in [5.41, 5.74) is 6.08. The van der Waals surface area contributed by atoms with Gasteiger partial charge in [0, 0.05) is 67.2 Å². The van der Waals surface area contributed by atoms with E-state index in [9.17, 15) is 24.0 Å². The summed E-state index contributed by atoms with van der Waals surface area (Å²) in [5, 5.41) is 11.6. The Labute approximate surface area is 356 Å². The van der Waals surface area contributed by atoms with Crippen molar-refractivity contribution in [2.45, 2.75) is 0 Å². The number of aromatic nitrogens is 4. The number of fused-ring (bicyclic) bond motifs is 2. The number of nitrogens with one attached hydrogen (secondary N) is 1. The number of carbonyl (C=O) groups is 5. The van der Waals surface area contributed by atoms with Gasteiger partial charge >= 0.3 is 11.9 Å². The first-order valence-corrected chi connectivity index (χ1v) is 19.1. The number of anilines is 2. The molecule has 14 nitrogen and oxygen atoms in total. The molecule has 0 aliphatic carbocycles. The van der Waals surface area contributed by atoms with Crippen molar-refractivity contribution in [2.75, 3.05) is 45.2 Å². The van der Waals surface area contributed by atoms with Crippen molar-refractivity contribution in [3.63, 3.8) is 0 Å². The van der Waals surface area contributed by atoms with E-state index in [2.05, 4.69) is 31.4 Å². The molecule has 300 valence electrons. The predicted octanol–water partition coefficient (Wildman–Crippen LogP) is 7.89. The average Bonchev–Trinajstić information content (AvgIpc) is 3.87. The second-order valence-corrected chi connectivity index (χ2v) is 14.4. The van der Waals surface area contributed by atoms with Gasteiger partial charge in [-0.05, 0) is 94.3 Å². The number of ether oxygens (including phenoxy) is 2. The molecular weight excluding hydrogens is 865 g/mol. The summed E-state index contributed by atoms with van der Waals surface area (Å²) in [7, 11) is 7.37. The third-order valence-corrected chi connectivity index (χ3v) is 10.5. The third-order valence-electron chi connectivity index (χ3n) is 9.27. The van der Waals surface area contributed by atoms with Crippen LogP contribution in [0.2, 0.25) is 10.0 Å². The topological polar surface area (TPSA) is 157 Å². The van der Waals surface area contributed by atoms with Crippen molar-refractivity contribution < 1.29 is 33.4 Å². The molecule has 4 aromatic heterocycles. The van der Waals surface area contributed by atoms with E-state index < -0.39 is 11.9 Å². The van der Waals surface area contributed by atoms with E-state index in [0.29, 0.717) is 28.1 Å². The van der Waals surface area contributed by atoms with Crippen LogP contribution in [0.4, 0.5) is 11.4 Å². The third kappa shape index (κ3) is 8.82. The highest BCUT2D eigenvalue weighted by Gasteiger charge is 2.21. The van der Waals surface area contributed by atoms with Gasteiger partial charge in [0.15, 0.2) is 0 Å². The van der Waals surface area contributed by atoms with E-state index in [-0.39, 0.29) is 38.9 Å². The van der Waals surface area contributed by atoms with Gasteiger partial charge in [0.2, 0.25) is 0 Å². The molecule has 0 saturated heterocycles. The standard InChI is InChI=1S/C25H21ClN4O4.C17H13BrClN3O3/c1-27-23(31)16-6-4-15(5-7-16)20-14-28-30-11-10-17(12-22(20)30)24(32)29(2)18-8-9-21(26)19(13-18)25(33)34-3;1-21(11-3-4-14(19)12(8-11)17(24)25-2)16(23)10-5-6-22-15(7-10)13(18)9-20-22/h4-14H,1-3H3,(H,27,31);3-9H,1-2H3. The highest BCUT2D eigenvalue weighted by molar-refractivity contribution is 9.10. The highest BCUT2D eigenvalue weighted by atomic mass is 79.9. The molecule has 3 amide bonds. The maximum atomic E-state index is 13.2. The minimum Gasteiger partial charge on any atom is -0.465 e. The Balaban J connectivity index is 0.000000208. The maximum Gasteiger partial charge on any atom is 0.339 e. The van der Waals surface area contributed by atoms with Crippen LogP contribution in [-0.4, -0.2) is 84.3 Å². The largest absolute Gasteiger partial charge is 0.465 e. The van der Waals surface area contributed by atoms with Gasteiger partial charge in [-0.15, -0.1) is 0 Å². The molecule has 3 aromatic carbocycles. The first-order valence-electron chi connectivity index (χ1n) is 17.5. The maximum absolute atomic E-state index is 13.2. The molecule has 1 N–H and O–H groups in total. The van der Waals surface area contributed by atoms with Gasteiger partial charge in [0.1, 0.15) is 0 Å². The van der Waals surface area contributed by atoms with Crippen molar-refractivity contribution in [1.29, 1.82) is 0 Å². The van der Waals surface area contributed by atoms with E-state index in [4.69, 9.17) is 32.7 Å². The second-order valence-electron chi connectivity index (χ2n) is 12.7. The summed E-state index contributed by atoms with van der Waals surface area (Å²) in [4.78, 5) is 64.5. The molecule has 0 spiro atoms. The molecule has 17 heteroatoms. The number of halogens is 3. The number of methoxy groups -OCH3 is 2. The van der Waals surface area contributed by atoms with Gasteiger partial charge in [-0.25, -0.2) is 18.6 Å². The molecular formula is C42H34BrCl2N7O7. The van der Waals surface area contributed by atoms with Crippen molar-refractivity contribution in [3.05, 3.63) is 152 Å². The number of rotatable bonds is 8. The molecule has 0 aliphatic heterocycles. The lowest BCUT2D eigenvalue weighted by Crippen LogP contribution is -2.26. The first kappa shape index (κ1) is 42.1. The van der Waals surface area contributed by atoms with Gasteiger partial charge in [0.25, 0.3) is 17.7 Å².